The lowest BCUT2D eigenvalue weighted by atomic mass is 10.1. The van der Waals surface area contributed by atoms with Crippen LogP contribution in [0.5, 0.6) is 0 Å². The molecule has 0 aliphatic carbocycles. The Hall–Kier alpha value is -0.980. The van der Waals surface area contributed by atoms with Gasteiger partial charge in [0.05, 0.1) is 0 Å². The smallest absolute Gasteiger partial charge is 0.0373 e. The Kier molecular flexibility index (Phi) is 4.35. The SMILES string of the molecule is CC.Cc1cccc(C)c1N. The first-order chi connectivity index (χ1) is 5.22. The fraction of sp³-hybridized carbons (Fsp3) is 0.400. The highest BCUT2D eigenvalue weighted by Gasteiger charge is 1.92. The number of benzene rings is 1. The molecule has 0 spiro atoms. The number of hydrogen-bond donors (Lipinski definition) is 1. The number of hydrogen-bond acceptors (Lipinski definition) is 1. The van der Waals surface area contributed by atoms with Gasteiger partial charge in [-0.25, -0.2) is 0 Å². The Morgan fingerprint density at radius 3 is 1.64 bits per heavy atom. The van der Waals surface area contributed by atoms with Crippen LogP contribution in [0.25, 0.3) is 0 Å². The van der Waals surface area contributed by atoms with Crippen molar-refractivity contribution >= 4 is 5.69 Å². The van der Waals surface area contributed by atoms with Crippen LogP contribution >= 0.6 is 0 Å². The number of aryl methyl sites for hydroxylation is 2. The van der Waals surface area contributed by atoms with Gasteiger partial charge in [0.1, 0.15) is 0 Å². The van der Waals surface area contributed by atoms with Crippen molar-refractivity contribution in [3.63, 3.8) is 0 Å². The van der Waals surface area contributed by atoms with Crippen molar-refractivity contribution in [3.8, 4) is 0 Å². The van der Waals surface area contributed by atoms with E-state index in [0.29, 0.717) is 0 Å². The lowest BCUT2D eigenvalue weighted by molar-refractivity contribution is 1.39. The monoisotopic (exact) mass is 151 g/mol. The van der Waals surface area contributed by atoms with Crippen molar-refractivity contribution in [1.82, 2.24) is 0 Å². The zero-order valence-corrected chi connectivity index (χ0v) is 7.81. The quantitative estimate of drug-likeness (QED) is 0.567. The molecule has 0 aliphatic rings. The maximum Gasteiger partial charge on any atom is 0.0373 e. The zero-order chi connectivity index (χ0) is 8.85. The average Bonchev–Trinajstić information content (AvgIpc) is 2.04. The zero-order valence-electron chi connectivity index (χ0n) is 7.81. The van der Waals surface area contributed by atoms with Gasteiger partial charge in [-0.1, -0.05) is 32.0 Å². The molecule has 0 saturated carbocycles. The summed E-state index contributed by atoms with van der Waals surface area (Å²) < 4.78 is 0. The highest BCUT2D eigenvalue weighted by molar-refractivity contribution is 5.52. The Bertz CT molecular complexity index is 196. The van der Waals surface area contributed by atoms with Crippen LogP contribution in [-0.4, -0.2) is 0 Å². The average molecular weight is 151 g/mol. The highest BCUT2D eigenvalue weighted by atomic mass is 14.6. The van der Waals surface area contributed by atoms with Gasteiger partial charge >= 0.3 is 0 Å². The number of nitrogens with two attached hydrogens (primary N) is 1. The molecule has 11 heavy (non-hydrogen) atoms. The van der Waals surface area contributed by atoms with Gasteiger partial charge in [0.25, 0.3) is 0 Å². The first kappa shape index (κ1) is 10.0. The molecular formula is C10H17N. The van der Waals surface area contributed by atoms with E-state index < -0.39 is 0 Å². The van der Waals surface area contributed by atoms with Gasteiger partial charge in [0.2, 0.25) is 0 Å². The molecule has 0 fully saturated rings. The van der Waals surface area contributed by atoms with E-state index in [4.69, 9.17) is 5.73 Å². The topological polar surface area (TPSA) is 26.0 Å². The third-order valence-corrected chi connectivity index (χ3v) is 1.54. The molecular weight excluding hydrogens is 134 g/mol. The Morgan fingerprint density at radius 1 is 1.00 bits per heavy atom. The first-order valence-corrected chi connectivity index (χ1v) is 4.03. The summed E-state index contributed by atoms with van der Waals surface area (Å²) >= 11 is 0. The number of rotatable bonds is 0. The van der Waals surface area contributed by atoms with E-state index in [0.717, 1.165) is 16.8 Å². The van der Waals surface area contributed by atoms with Crippen LogP contribution < -0.4 is 5.73 Å². The predicted octanol–water partition coefficient (Wildman–Crippen LogP) is 2.91. The first-order valence-electron chi connectivity index (χ1n) is 4.03. The summed E-state index contributed by atoms with van der Waals surface area (Å²) in [5.74, 6) is 0. The second kappa shape index (κ2) is 4.78. The maximum atomic E-state index is 5.68. The lowest BCUT2D eigenvalue weighted by Gasteiger charge is -2.00. The van der Waals surface area contributed by atoms with E-state index in [2.05, 4.69) is 0 Å². The molecule has 0 amide bonds. The molecule has 0 aliphatic heterocycles. The normalized spacial score (nSPS) is 8.36. The molecule has 1 nitrogen and oxygen atoms in total. The van der Waals surface area contributed by atoms with Gasteiger partial charge in [-0.05, 0) is 25.0 Å². The van der Waals surface area contributed by atoms with Crippen molar-refractivity contribution < 1.29 is 0 Å². The number of nitrogen functional groups attached to an aromatic ring is 1. The van der Waals surface area contributed by atoms with Crippen LogP contribution in [0.1, 0.15) is 25.0 Å². The molecule has 1 aromatic carbocycles. The lowest BCUT2D eigenvalue weighted by Crippen LogP contribution is -1.91. The fourth-order valence-corrected chi connectivity index (χ4v) is 0.827. The molecule has 0 aromatic heterocycles. The summed E-state index contributed by atoms with van der Waals surface area (Å²) in [6.07, 6.45) is 0. The molecule has 1 heteroatoms. The van der Waals surface area contributed by atoms with Crippen molar-refractivity contribution in [2.45, 2.75) is 27.7 Å². The minimum Gasteiger partial charge on any atom is -0.398 e. The molecule has 62 valence electrons. The van der Waals surface area contributed by atoms with Gasteiger partial charge < -0.3 is 5.73 Å². The largest absolute Gasteiger partial charge is 0.398 e. The van der Waals surface area contributed by atoms with Crippen LogP contribution in [0.2, 0.25) is 0 Å². The summed E-state index contributed by atoms with van der Waals surface area (Å²) in [5.41, 5.74) is 8.92. The van der Waals surface area contributed by atoms with Crippen molar-refractivity contribution in [2.24, 2.45) is 0 Å². The van der Waals surface area contributed by atoms with Crippen molar-refractivity contribution in [1.29, 1.82) is 0 Å². The summed E-state index contributed by atoms with van der Waals surface area (Å²) in [6.45, 7) is 8.03. The van der Waals surface area contributed by atoms with Crippen LogP contribution in [0, 0.1) is 13.8 Å². The van der Waals surface area contributed by atoms with Gasteiger partial charge in [0.15, 0.2) is 0 Å². The maximum absolute atomic E-state index is 5.68. The Morgan fingerprint density at radius 2 is 1.36 bits per heavy atom. The highest BCUT2D eigenvalue weighted by Crippen LogP contribution is 2.13. The van der Waals surface area contributed by atoms with E-state index in [1.165, 1.54) is 0 Å². The molecule has 0 saturated heterocycles. The van der Waals surface area contributed by atoms with Gasteiger partial charge in [-0.15, -0.1) is 0 Å². The van der Waals surface area contributed by atoms with Crippen molar-refractivity contribution in [3.05, 3.63) is 29.3 Å². The minimum atomic E-state index is 0.914. The Labute approximate surface area is 69.2 Å². The van der Waals surface area contributed by atoms with Gasteiger partial charge in [-0.2, -0.15) is 0 Å². The summed E-state index contributed by atoms with van der Waals surface area (Å²) in [6, 6.07) is 6.05. The molecule has 0 heterocycles. The molecule has 0 unspecified atom stereocenters. The standard InChI is InChI=1S/C8H11N.C2H6/c1-6-4-3-5-7(2)8(6)9;1-2/h3-5H,9H2,1-2H3;1-2H3. The summed E-state index contributed by atoms with van der Waals surface area (Å²) in [5, 5.41) is 0. The van der Waals surface area contributed by atoms with E-state index in [-0.39, 0.29) is 0 Å². The van der Waals surface area contributed by atoms with E-state index in [1.807, 2.05) is 45.9 Å². The van der Waals surface area contributed by atoms with E-state index in [1.54, 1.807) is 0 Å². The van der Waals surface area contributed by atoms with Gasteiger partial charge in [0, 0.05) is 5.69 Å². The second-order valence-corrected chi connectivity index (χ2v) is 2.31. The second-order valence-electron chi connectivity index (χ2n) is 2.31. The number of anilines is 1. The van der Waals surface area contributed by atoms with Gasteiger partial charge in [-0.3, -0.25) is 0 Å². The van der Waals surface area contributed by atoms with E-state index in [9.17, 15) is 0 Å². The van der Waals surface area contributed by atoms with Crippen LogP contribution in [0.4, 0.5) is 5.69 Å². The predicted molar refractivity (Wildman–Crippen MR) is 51.7 cm³/mol. The van der Waals surface area contributed by atoms with E-state index >= 15 is 0 Å². The molecule has 0 radical (unpaired) electrons. The molecule has 1 aromatic rings. The molecule has 1 rings (SSSR count). The summed E-state index contributed by atoms with van der Waals surface area (Å²) in [4.78, 5) is 0. The Balaban J connectivity index is 0.000000461. The summed E-state index contributed by atoms with van der Waals surface area (Å²) in [7, 11) is 0. The molecule has 0 bridgehead atoms. The fourth-order valence-electron chi connectivity index (χ4n) is 0.827. The van der Waals surface area contributed by atoms with Crippen molar-refractivity contribution in [2.75, 3.05) is 5.73 Å². The van der Waals surface area contributed by atoms with Crippen LogP contribution in [-0.2, 0) is 0 Å². The third kappa shape index (κ3) is 2.62. The minimum absolute atomic E-state index is 0.914. The van der Waals surface area contributed by atoms with Crippen LogP contribution in [0.15, 0.2) is 18.2 Å². The molecule has 2 N–H and O–H groups in total. The molecule has 0 atom stereocenters. The van der Waals surface area contributed by atoms with Crippen LogP contribution in [0.3, 0.4) is 0 Å². The number of para-hydroxylation sites is 1. The third-order valence-electron chi connectivity index (χ3n) is 1.54.